The molecule has 3 rings (SSSR count). The number of hydrogen-bond donors (Lipinski definition) is 0. The van der Waals surface area contributed by atoms with Crippen molar-refractivity contribution in [2.45, 2.75) is 20.8 Å². The van der Waals surface area contributed by atoms with Crippen LogP contribution in [0.4, 0.5) is 0 Å². The van der Waals surface area contributed by atoms with Crippen LogP contribution >= 0.6 is 0 Å². The minimum absolute atomic E-state index is 0.0905. The maximum atomic E-state index is 12.5. The third-order valence-electron chi connectivity index (χ3n) is 4.38. The molecular weight excluding hydrogens is 362 g/mol. The van der Waals surface area contributed by atoms with Gasteiger partial charge in [0, 0.05) is 24.9 Å². The van der Waals surface area contributed by atoms with E-state index < -0.39 is 9.84 Å². The van der Waals surface area contributed by atoms with Gasteiger partial charge in [0.1, 0.15) is 5.69 Å². The Morgan fingerprint density at radius 1 is 1.07 bits per heavy atom. The lowest BCUT2D eigenvalue weighted by molar-refractivity contribution is 0.464. The maximum absolute atomic E-state index is 12.5. The van der Waals surface area contributed by atoms with Gasteiger partial charge in [-0.3, -0.25) is 0 Å². The molecule has 0 atom stereocenters. The monoisotopic (exact) mass is 385 g/mol. The highest BCUT2D eigenvalue weighted by Crippen LogP contribution is 2.23. The average molecular weight is 385 g/mol. The molecule has 0 saturated heterocycles. The van der Waals surface area contributed by atoms with E-state index in [0.29, 0.717) is 17.1 Å². The van der Waals surface area contributed by atoms with Gasteiger partial charge in [-0.2, -0.15) is 5.10 Å². The Morgan fingerprint density at radius 3 is 2.33 bits per heavy atom. The molecule has 8 heteroatoms. The second-order valence-corrected chi connectivity index (χ2v) is 8.23. The zero-order chi connectivity index (χ0) is 19.6. The molecule has 0 fully saturated rings. The number of likely N-dealkylation sites (N-methyl/N-ethyl adjacent to an activating group) is 1. The van der Waals surface area contributed by atoms with Crippen LogP contribution in [0.25, 0.3) is 11.8 Å². The van der Waals surface area contributed by atoms with Gasteiger partial charge in [0.2, 0.25) is 5.04 Å². The first-order valence-corrected chi connectivity index (χ1v) is 10.7. The number of rotatable bonds is 3. The van der Waals surface area contributed by atoms with Crippen molar-refractivity contribution in [2.24, 2.45) is 10.2 Å². The summed E-state index contributed by atoms with van der Waals surface area (Å²) in [7, 11) is -3.62. The number of hydrogen-bond acceptors (Lipinski definition) is 6. The molecule has 1 aromatic carbocycles. The summed E-state index contributed by atoms with van der Waals surface area (Å²) in [5.74, 6) is 0.666. The molecule has 2 heterocycles. The topological polar surface area (TPSA) is 79.9 Å². The van der Waals surface area contributed by atoms with Gasteiger partial charge in [-0.1, -0.05) is 18.2 Å². The Morgan fingerprint density at radius 2 is 1.74 bits per heavy atom. The Labute approximate surface area is 159 Å². The van der Waals surface area contributed by atoms with Crippen LogP contribution in [0, 0.1) is 0 Å². The van der Waals surface area contributed by atoms with Crippen molar-refractivity contribution < 1.29 is 8.42 Å². The summed E-state index contributed by atoms with van der Waals surface area (Å²) in [6, 6.07) is 9.38. The maximum Gasteiger partial charge on any atom is 0.203 e. The third-order valence-corrected chi connectivity index (χ3v) is 5.35. The van der Waals surface area contributed by atoms with Crippen molar-refractivity contribution in [3.63, 3.8) is 0 Å². The lowest BCUT2D eigenvalue weighted by Gasteiger charge is -2.23. The van der Waals surface area contributed by atoms with Crippen molar-refractivity contribution in [1.82, 2.24) is 14.7 Å². The summed E-state index contributed by atoms with van der Waals surface area (Å²) >= 11 is 0. The van der Waals surface area contributed by atoms with E-state index in [1.54, 1.807) is 10.9 Å². The summed E-state index contributed by atoms with van der Waals surface area (Å²) in [5, 5.41) is 12.8. The summed E-state index contributed by atoms with van der Waals surface area (Å²) in [4.78, 5) is 2.04. The van der Waals surface area contributed by atoms with Gasteiger partial charge >= 0.3 is 0 Å². The van der Waals surface area contributed by atoms with E-state index in [1.807, 2.05) is 62.1 Å². The largest absolute Gasteiger partial charge is 0.355 e. The molecule has 0 aliphatic carbocycles. The van der Waals surface area contributed by atoms with Crippen LogP contribution in [-0.2, 0) is 9.84 Å². The van der Waals surface area contributed by atoms with Crippen LogP contribution in [0.3, 0.4) is 0 Å². The highest BCUT2D eigenvalue weighted by Gasteiger charge is 2.27. The van der Waals surface area contributed by atoms with E-state index in [1.165, 1.54) is 0 Å². The van der Waals surface area contributed by atoms with Crippen LogP contribution in [0.5, 0.6) is 0 Å². The third kappa shape index (κ3) is 3.71. The Balaban J connectivity index is 2.28. The van der Waals surface area contributed by atoms with Crippen molar-refractivity contribution >= 4 is 26.8 Å². The van der Waals surface area contributed by atoms with Gasteiger partial charge in [0.05, 0.1) is 11.9 Å². The molecule has 0 N–H and O–H groups in total. The van der Waals surface area contributed by atoms with Gasteiger partial charge in [0.15, 0.2) is 15.7 Å². The molecule has 7 nitrogen and oxygen atoms in total. The van der Waals surface area contributed by atoms with Crippen LogP contribution < -0.4 is 0 Å². The number of para-hydroxylation sites is 1. The van der Waals surface area contributed by atoms with Crippen LogP contribution in [-0.4, -0.2) is 53.3 Å². The van der Waals surface area contributed by atoms with Crippen molar-refractivity contribution in [3.8, 4) is 5.69 Å². The van der Waals surface area contributed by atoms with Gasteiger partial charge in [-0.25, -0.2) is 13.1 Å². The van der Waals surface area contributed by atoms with Crippen molar-refractivity contribution in [2.75, 3.05) is 19.3 Å². The standard InChI is InChI=1S/C19H23N5O2S/c1-5-23(6-2)18-14(3)12-15-13-20-24(16-10-8-7-9-11-16)17(15)19(22-21-18)27(4,25)26/h7-13H,5-6H2,1-4H3/b14-12-,15-12?,18-14?,19-17?,21-18+,22-19+,22-21?. The highest BCUT2D eigenvalue weighted by molar-refractivity contribution is 8.06. The fourth-order valence-electron chi connectivity index (χ4n) is 3.05. The molecule has 1 aliphatic heterocycles. The van der Waals surface area contributed by atoms with E-state index >= 15 is 0 Å². The van der Waals surface area contributed by atoms with Gasteiger partial charge in [0.25, 0.3) is 0 Å². The van der Waals surface area contributed by atoms with E-state index in [2.05, 4.69) is 15.3 Å². The average Bonchev–Trinajstić information content (AvgIpc) is 3.02. The molecule has 27 heavy (non-hydrogen) atoms. The predicted molar refractivity (Wildman–Crippen MR) is 109 cm³/mol. The number of nitrogens with zero attached hydrogens (tertiary/aromatic N) is 5. The minimum atomic E-state index is -3.62. The van der Waals surface area contributed by atoms with Crippen molar-refractivity contribution in [1.29, 1.82) is 0 Å². The van der Waals surface area contributed by atoms with Gasteiger partial charge in [-0.15, -0.1) is 10.2 Å². The molecule has 2 aromatic rings. The molecule has 0 spiro atoms. The zero-order valence-corrected chi connectivity index (χ0v) is 16.7. The number of sulfone groups is 1. The summed E-state index contributed by atoms with van der Waals surface area (Å²) in [5.41, 5.74) is 2.78. The summed E-state index contributed by atoms with van der Waals surface area (Å²) < 4.78 is 26.6. The van der Waals surface area contributed by atoms with Crippen LogP contribution in [0.15, 0.2) is 52.3 Å². The first kappa shape index (κ1) is 19.0. The second kappa shape index (κ2) is 7.48. The van der Waals surface area contributed by atoms with E-state index in [-0.39, 0.29) is 5.04 Å². The van der Waals surface area contributed by atoms with Crippen LogP contribution in [0.1, 0.15) is 32.0 Å². The molecule has 0 saturated carbocycles. The first-order valence-electron chi connectivity index (χ1n) is 8.80. The normalized spacial score (nSPS) is 20.2. The second-order valence-electron chi connectivity index (χ2n) is 6.30. The van der Waals surface area contributed by atoms with E-state index in [0.717, 1.165) is 30.6 Å². The number of amidine groups is 1. The SMILES string of the molecule is CCN(CC)C1=N/N=C(/S(C)(=O)=O)c2c(cnn2-c2ccccc2)/C=C\1C. The Kier molecular flexibility index (Phi) is 5.27. The van der Waals surface area contributed by atoms with E-state index in [4.69, 9.17) is 0 Å². The zero-order valence-electron chi connectivity index (χ0n) is 15.9. The lowest BCUT2D eigenvalue weighted by atomic mass is 10.1. The quantitative estimate of drug-likeness (QED) is 0.814. The fourth-order valence-corrected chi connectivity index (χ4v) is 3.79. The molecule has 142 valence electrons. The molecule has 0 bridgehead atoms. The molecule has 1 aromatic heterocycles. The number of benzene rings is 1. The fraction of sp³-hybridized carbons (Fsp3) is 0.316. The van der Waals surface area contributed by atoms with E-state index in [9.17, 15) is 8.42 Å². The lowest BCUT2D eigenvalue weighted by Crippen LogP contribution is -2.32. The number of aromatic nitrogens is 2. The Hall–Kier alpha value is -2.74. The highest BCUT2D eigenvalue weighted by atomic mass is 32.2. The molecule has 0 amide bonds. The van der Waals surface area contributed by atoms with Gasteiger partial charge < -0.3 is 4.90 Å². The first-order chi connectivity index (χ1) is 12.9. The summed E-state index contributed by atoms with van der Waals surface area (Å²) in [6.45, 7) is 7.50. The molecular formula is C19H23N5O2S. The predicted octanol–water partition coefficient (Wildman–Crippen LogP) is 2.74. The Bertz CT molecular complexity index is 1030. The van der Waals surface area contributed by atoms with Gasteiger partial charge in [-0.05, 0) is 44.6 Å². The number of fused-ring (bicyclic) bond motifs is 1. The smallest absolute Gasteiger partial charge is 0.203 e. The van der Waals surface area contributed by atoms with Crippen molar-refractivity contribution in [3.05, 3.63) is 53.4 Å². The molecule has 0 radical (unpaired) electrons. The minimum Gasteiger partial charge on any atom is -0.355 e. The molecule has 0 unspecified atom stereocenters. The van der Waals surface area contributed by atoms with Crippen LogP contribution in [0.2, 0.25) is 0 Å². The molecule has 1 aliphatic rings. The summed E-state index contributed by atoms with van der Waals surface area (Å²) in [6.07, 6.45) is 4.72.